The maximum Gasteiger partial charge on any atom is 0.253 e. The number of hydrogen-bond acceptors (Lipinski definition) is 5. The van der Waals surface area contributed by atoms with Crippen LogP contribution in [-0.2, 0) is 0 Å². The third-order valence-corrected chi connectivity index (χ3v) is 5.20. The number of anilines is 2. The fourth-order valence-electron chi connectivity index (χ4n) is 3.40. The predicted octanol–water partition coefficient (Wildman–Crippen LogP) is 2.10. The number of pyridine rings is 1. The number of amides is 2. The largest absolute Gasteiger partial charge is 0.365 e. The van der Waals surface area contributed by atoms with E-state index in [9.17, 15) is 9.59 Å². The average Bonchev–Trinajstić information content (AvgIpc) is 3.29. The van der Waals surface area contributed by atoms with Crippen molar-refractivity contribution in [1.82, 2.24) is 19.4 Å². The van der Waals surface area contributed by atoms with E-state index in [1.807, 2.05) is 34.0 Å². The first-order chi connectivity index (χ1) is 14.5. The number of nitrogens with one attached hydrogen (secondary N) is 1. The predicted molar refractivity (Wildman–Crippen MR) is 115 cm³/mol. The molecular weight excluding hydrogens is 380 g/mol. The van der Waals surface area contributed by atoms with Crippen molar-refractivity contribution in [3.05, 3.63) is 72.1 Å². The van der Waals surface area contributed by atoms with Gasteiger partial charge in [0.1, 0.15) is 11.6 Å². The number of carbonyl (C=O) groups excluding carboxylic acids is 2. The second kappa shape index (κ2) is 8.38. The van der Waals surface area contributed by atoms with Crippen LogP contribution in [0.4, 0.5) is 11.5 Å². The van der Waals surface area contributed by atoms with Crippen LogP contribution in [0.1, 0.15) is 20.7 Å². The van der Waals surface area contributed by atoms with Crippen LogP contribution in [0.25, 0.3) is 5.82 Å². The second-order valence-corrected chi connectivity index (χ2v) is 7.32. The van der Waals surface area contributed by atoms with Gasteiger partial charge in [-0.15, -0.1) is 0 Å². The fraction of sp³-hybridized carbons (Fsp3) is 0.227. The highest BCUT2D eigenvalue weighted by atomic mass is 16.2. The lowest BCUT2D eigenvalue weighted by Gasteiger charge is -2.32. The van der Waals surface area contributed by atoms with Crippen molar-refractivity contribution in [3.8, 4) is 5.82 Å². The number of carbonyl (C=O) groups is 2. The molecule has 0 bridgehead atoms. The van der Waals surface area contributed by atoms with Crippen LogP contribution >= 0.6 is 0 Å². The standard InChI is InChI=1S/C22H24N6O2/c1-26-12-14-28(15-13-26)22(30)16-4-6-17(7-5-16)24-21-18(20(23)29)8-9-19(25-21)27-10-2-3-11-27/h2-11H,12-15H2,1H3,(H2,23,29)(H,24,25). The van der Waals surface area contributed by atoms with Crippen LogP contribution < -0.4 is 11.1 Å². The van der Waals surface area contributed by atoms with E-state index >= 15 is 0 Å². The van der Waals surface area contributed by atoms with Crippen molar-refractivity contribution >= 4 is 23.3 Å². The van der Waals surface area contributed by atoms with Crippen molar-refractivity contribution < 1.29 is 9.59 Å². The summed E-state index contributed by atoms with van der Waals surface area (Å²) in [5.41, 5.74) is 7.15. The lowest BCUT2D eigenvalue weighted by molar-refractivity contribution is 0.0664. The van der Waals surface area contributed by atoms with Crippen LogP contribution in [0.15, 0.2) is 60.9 Å². The molecule has 30 heavy (non-hydrogen) atoms. The first kappa shape index (κ1) is 19.7. The highest BCUT2D eigenvalue weighted by molar-refractivity contribution is 5.98. The molecule has 1 saturated heterocycles. The minimum absolute atomic E-state index is 0.0280. The van der Waals surface area contributed by atoms with Crippen molar-refractivity contribution in [2.45, 2.75) is 0 Å². The minimum Gasteiger partial charge on any atom is -0.365 e. The summed E-state index contributed by atoms with van der Waals surface area (Å²) in [4.78, 5) is 33.2. The number of benzene rings is 1. The Balaban J connectivity index is 1.53. The summed E-state index contributed by atoms with van der Waals surface area (Å²) >= 11 is 0. The SMILES string of the molecule is CN1CCN(C(=O)c2ccc(Nc3nc(-n4cccc4)ccc3C(N)=O)cc2)CC1. The Bertz CT molecular complexity index is 1040. The van der Waals surface area contributed by atoms with Gasteiger partial charge in [-0.25, -0.2) is 4.98 Å². The van der Waals surface area contributed by atoms with Gasteiger partial charge < -0.3 is 25.4 Å². The summed E-state index contributed by atoms with van der Waals surface area (Å²) in [6.07, 6.45) is 3.74. The molecule has 1 fully saturated rings. The first-order valence-electron chi connectivity index (χ1n) is 9.80. The summed E-state index contributed by atoms with van der Waals surface area (Å²) in [5.74, 6) is 0.493. The zero-order valence-corrected chi connectivity index (χ0v) is 16.8. The number of nitrogens with zero attached hydrogens (tertiary/aromatic N) is 4. The minimum atomic E-state index is -0.564. The lowest BCUT2D eigenvalue weighted by atomic mass is 10.1. The first-order valence-corrected chi connectivity index (χ1v) is 9.80. The Morgan fingerprint density at radius 3 is 2.27 bits per heavy atom. The number of primary amides is 1. The van der Waals surface area contributed by atoms with E-state index < -0.39 is 5.91 Å². The van der Waals surface area contributed by atoms with Gasteiger partial charge in [-0.05, 0) is 55.6 Å². The van der Waals surface area contributed by atoms with Crippen molar-refractivity contribution in [2.24, 2.45) is 5.73 Å². The average molecular weight is 404 g/mol. The topological polar surface area (TPSA) is 96.5 Å². The second-order valence-electron chi connectivity index (χ2n) is 7.32. The molecule has 0 unspecified atom stereocenters. The van der Waals surface area contributed by atoms with E-state index in [4.69, 9.17) is 5.73 Å². The highest BCUT2D eigenvalue weighted by Gasteiger charge is 2.20. The van der Waals surface area contributed by atoms with E-state index in [0.29, 0.717) is 28.5 Å². The molecule has 154 valence electrons. The summed E-state index contributed by atoms with van der Waals surface area (Å²) in [6.45, 7) is 3.22. The molecule has 0 aliphatic carbocycles. The Hall–Kier alpha value is -3.65. The number of nitrogens with two attached hydrogens (primary N) is 1. The third-order valence-electron chi connectivity index (χ3n) is 5.20. The van der Waals surface area contributed by atoms with E-state index in [2.05, 4.69) is 22.2 Å². The number of hydrogen-bond donors (Lipinski definition) is 2. The van der Waals surface area contributed by atoms with Crippen LogP contribution in [0.3, 0.4) is 0 Å². The molecule has 2 amide bonds. The van der Waals surface area contributed by atoms with Crippen LogP contribution in [0, 0.1) is 0 Å². The number of aromatic nitrogens is 2. The zero-order chi connectivity index (χ0) is 21.1. The summed E-state index contributed by atoms with van der Waals surface area (Å²) in [5, 5.41) is 3.15. The van der Waals surface area contributed by atoms with Crippen LogP contribution in [0.2, 0.25) is 0 Å². The molecule has 8 heteroatoms. The summed E-state index contributed by atoms with van der Waals surface area (Å²) < 4.78 is 1.84. The van der Waals surface area contributed by atoms with Crippen molar-refractivity contribution in [3.63, 3.8) is 0 Å². The van der Waals surface area contributed by atoms with Crippen molar-refractivity contribution in [1.29, 1.82) is 0 Å². The van der Waals surface area contributed by atoms with Crippen LogP contribution in [0.5, 0.6) is 0 Å². The van der Waals surface area contributed by atoms with Gasteiger partial charge in [0.2, 0.25) is 0 Å². The molecule has 1 aliphatic heterocycles. The molecular formula is C22H24N6O2. The molecule has 0 saturated carbocycles. The molecule has 1 aliphatic rings. The number of piperazine rings is 1. The Morgan fingerprint density at radius 2 is 1.63 bits per heavy atom. The van der Waals surface area contributed by atoms with Gasteiger partial charge in [-0.1, -0.05) is 0 Å². The molecule has 0 spiro atoms. The van der Waals surface area contributed by atoms with E-state index in [1.54, 1.807) is 36.4 Å². The zero-order valence-electron chi connectivity index (χ0n) is 16.8. The smallest absolute Gasteiger partial charge is 0.253 e. The van der Waals surface area contributed by atoms with Gasteiger partial charge in [0.25, 0.3) is 11.8 Å². The molecule has 8 nitrogen and oxygen atoms in total. The van der Waals surface area contributed by atoms with Gasteiger partial charge in [0.15, 0.2) is 0 Å². The molecule has 3 N–H and O–H groups in total. The molecule has 0 radical (unpaired) electrons. The summed E-state index contributed by atoms with van der Waals surface area (Å²) in [7, 11) is 2.06. The normalized spacial score (nSPS) is 14.5. The number of likely N-dealkylation sites (N-methyl/N-ethyl adjacent to an activating group) is 1. The van der Waals surface area contributed by atoms with Gasteiger partial charge in [-0.3, -0.25) is 9.59 Å². The third kappa shape index (κ3) is 4.18. The quantitative estimate of drug-likeness (QED) is 0.679. The summed E-state index contributed by atoms with van der Waals surface area (Å²) in [6, 6.07) is 14.3. The fourth-order valence-corrected chi connectivity index (χ4v) is 3.40. The van der Waals surface area contributed by atoms with Gasteiger partial charge >= 0.3 is 0 Å². The Labute approximate surface area is 174 Å². The Morgan fingerprint density at radius 1 is 0.967 bits per heavy atom. The van der Waals surface area contributed by atoms with Crippen LogP contribution in [-0.4, -0.2) is 64.4 Å². The maximum atomic E-state index is 12.7. The molecule has 4 rings (SSSR count). The van der Waals surface area contributed by atoms with Gasteiger partial charge in [-0.2, -0.15) is 0 Å². The molecule has 1 aromatic carbocycles. The van der Waals surface area contributed by atoms with E-state index in [-0.39, 0.29) is 5.91 Å². The van der Waals surface area contributed by atoms with Gasteiger partial charge in [0, 0.05) is 49.8 Å². The van der Waals surface area contributed by atoms with Gasteiger partial charge in [0.05, 0.1) is 5.56 Å². The molecule has 3 aromatic rings. The van der Waals surface area contributed by atoms with E-state index in [0.717, 1.165) is 26.2 Å². The number of rotatable bonds is 5. The monoisotopic (exact) mass is 404 g/mol. The maximum absolute atomic E-state index is 12.7. The molecule has 3 heterocycles. The van der Waals surface area contributed by atoms with E-state index in [1.165, 1.54) is 0 Å². The lowest BCUT2D eigenvalue weighted by Crippen LogP contribution is -2.47. The highest BCUT2D eigenvalue weighted by Crippen LogP contribution is 2.22. The molecule has 2 aromatic heterocycles. The molecule has 0 atom stereocenters. The van der Waals surface area contributed by atoms with Crippen molar-refractivity contribution in [2.75, 3.05) is 38.5 Å². The Kier molecular flexibility index (Phi) is 5.49.